The third-order valence-corrected chi connectivity index (χ3v) is 4.96. The van der Waals surface area contributed by atoms with Gasteiger partial charge in [-0.1, -0.05) is 19.8 Å². The van der Waals surface area contributed by atoms with Crippen LogP contribution in [0.2, 0.25) is 0 Å². The van der Waals surface area contributed by atoms with Gasteiger partial charge in [0.25, 0.3) is 0 Å². The van der Waals surface area contributed by atoms with E-state index >= 15 is 0 Å². The van der Waals surface area contributed by atoms with E-state index in [2.05, 4.69) is 4.99 Å². The number of halogens is 6. The number of alkyl halides is 6. The maximum absolute atomic E-state index is 13.5. The van der Waals surface area contributed by atoms with Gasteiger partial charge in [-0.05, 0) is 31.9 Å². The molecule has 0 amide bonds. The fourth-order valence-electron chi connectivity index (χ4n) is 3.40. The van der Waals surface area contributed by atoms with Crippen molar-refractivity contribution in [3.63, 3.8) is 0 Å². The van der Waals surface area contributed by atoms with Crippen molar-refractivity contribution in [2.45, 2.75) is 63.7 Å². The van der Waals surface area contributed by atoms with Crippen LogP contribution >= 0.6 is 0 Å². The number of hydrogen-bond donors (Lipinski definition) is 1. The topological polar surface area (TPSA) is 49.7 Å². The molecule has 0 spiro atoms. The predicted octanol–water partition coefficient (Wildman–Crippen LogP) is 6.12. The van der Waals surface area contributed by atoms with Crippen LogP contribution in [0.25, 0.3) is 0 Å². The summed E-state index contributed by atoms with van der Waals surface area (Å²) in [5.74, 6) is -0.954. The molecular weight excluding hydrogens is 376 g/mol. The first-order chi connectivity index (χ1) is 12.3. The second-order valence-corrected chi connectivity index (χ2v) is 6.90. The molecule has 9 heteroatoms. The first-order valence-corrected chi connectivity index (χ1v) is 8.37. The van der Waals surface area contributed by atoms with Crippen LogP contribution in [-0.2, 0) is 22.6 Å². The highest BCUT2D eigenvalue weighted by molar-refractivity contribution is 6.00. The van der Waals surface area contributed by atoms with Gasteiger partial charge in [0.1, 0.15) is 0 Å². The summed E-state index contributed by atoms with van der Waals surface area (Å²) >= 11 is 0. The number of carbonyl (C=O) groups is 1. The summed E-state index contributed by atoms with van der Waals surface area (Å²) in [6.07, 6.45) is -8.34. The lowest BCUT2D eigenvalue weighted by Crippen LogP contribution is -2.30. The Morgan fingerprint density at radius 2 is 1.70 bits per heavy atom. The lowest BCUT2D eigenvalue weighted by Gasteiger charge is -2.29. The number of carboxylic acids is 1. The zero-order valence-electron chi connectivity index (χ0n) is 14.8. The van der Waals surface area contributed by atoms with Gasteiger partial charge in [-0.2, -0.15) is 26.3 Å². The molecule has 1 atom stereocenters. The largest absolute Gasteiger partial charge is 0.481 e. The third kappa shape index (κ3) is 4.44. The number of rotatable bonds is 6. The number of aliphatic imine (C=N–C) groups is 1. The highest BCUT2D eigenvalue weighted by atomic mass is 19.4. The van der Waals surface area contributed by atoms with Crippen molar-refractivity contribution >= 4 is 17.4 Å². The number of aliphatic carboxylic acids is 1. The fourth-order valence-corrected chi connectivity index (χ4v) is 3.40. The Kier molecular flexibility index (Phi) is 5.64. The van der Waals surface area contributed by atoms with Crippen molar-refractivity contribution < 1.29 is 36.2 Å². The van der Waals surface area contributed by atoms with Crippen molar-refractivity contribution in [2.24, 2.45) is 4.99 Å². The molecule has 0 saturated heterocycles. The van der Waals surface area contributed by atoms with Crippen LogP contribution in [0.3, 0.4) is 0 Å². The summed E-state index contributed by atoms with van der Waals surface area (Å²) in [6.45, 7) is 3.04. The number of benzene rings is 1. The van der Waals surface area contributed by atoms with Crippen LogP contribution in [0.4, 0.5) is 32.0 Å². The summed E-state index contributed by atoms with van der Waals surface area (Å²) in [6, 6.07) is 0.805. The van der Waals surface area contributed by atoms with Crippen molar-refractivity contribution in [3.8, 4) is 0 Å². The van der Waals surface area contributed by atoms with Crippen LogP contribution < -0.4 is 0 Å². The quantitative estimate of drug-likeness (QED) is 0.466. The van der Waals surface area contributed by atoms with Crippen LogP contribution in [-0.4, -0.2) is 16.8 Å². The van der Waals surface area contributed by atoms with E-state index in [0.29, 0.717) is 31.0 Å². The second-order valence-electron chi connectivity index (χ2n) is 6.90. The van der Waals surface area contributed by atoms with Gasteiger partial charge in [-0.15, -0.1) is 0 Å². The fraction of sp³-hybridized carbons (Fsp3) is 0.556. The maximum Gasteiger partial charge on any atom is 0.416 e. The second kappa shape index (κ2) is 7.16. The van der Waals surface area contributed by atoms with Gasteiger partial charge in [-0.25, -0.2) is 0 Å². The summed E-state index contributed by atoms with van der Waals surface area (Å²) in [5, 5.41) is 8.63. The van der Waals surface area contributed by atoms with E-state index < -0.39 is 34.9 Å². The van der Waals surface area contributed by atoms with Gasteiger partial charge in [0, 0.05) is 23.1 Å². The molecule has 150 valence electrons. The highest BCUT2D eigenvalue weighted by Crippen LogP contribution is 2.51. The molecule has 2 rings (SSSR count). The van der Waals surface area contributed by atoms with Gasteiger partial charge >= 0.3 is 18.3 Å². The monoisotopic (exact) mass is 395 g/mol. The van der Waals surface area contributed by atoms with E-state index in [1.165, 1.54) is 13.8 Å². The van der Waals surface area contributed by atoms with E-state index in [0.717, 1.165) is 0 Å². The molecule has 1 aromatic carbocycles. The van der Waals surface area contributed by atoms with Gasteiger partial charge < -0.3 is 5.11 Å². The maximum atomic E-state index is 13.5. The molecule has 0 saturated carbocycles. The van der Waals surface area contributed by atoms with Crippen molar-refractivity contribution in [1.29, 1.82) is 0 Å². The Labute approximate surface area is 152 Å². The first-order valence-electron chi connectivity index (χ1n) is 8.37. The number of nitrogens with zero attached hydrogens (tertiary/aromatic N) is 1. The lowest BCUT2D eigenvalue weighted by atomic mass is 9.73. The minimum Gasteiger partial charge on any atom is -0.481 e. The van der Waals surface area contributed by atoms with E-state index in [-0.39, 0.29) is 30.2 Å². The molecule has 1 aliphatic heterocycles. The smallest absolute Gasteiger partial charge is 0.416 e. The number of hydrogen-bond acceptors (Lipinski definition) is 2. The minimum absolute atomic E-state index is 0.0386. The molecular formula is C18H19F6NO2. The summed E-state index contributed by atoms with van der Waals surface area (Å²) < 4.78 is 79.6. The van der Waals surface area contributed by atoms with Gasteiger partial charge in [0.05, 0.1) is 16.8 Å². The summed E-state index contributed by atoms with van der Waals surface area (Å²) in [7, 11) is 0. The standard InChI is InChI=1S/C18H19F6NO2/c1-10-16(2,7-5-3-4-6-14(26)27)15-12(18(22,23)24)8-11(17(19,20)21)9-13(15)25-10/h8-9H,3-7H2,1-2H3,(H,26,27). The van der Waals surface area contributed by atoms with Crippen molar-refractivity contribution in [1.82, 2.24) is 0 Å². The lowest BCUT2D eigenvalue weighted by molar-refractivity contribution is -0.143. The van der Waals surface area contributed by atoms with Crippen LogP contribution in [0.15, 0.2) is 17.1 Å². The Morgan fingerprint density at radius 3 is 2.22 bits per heavy atom. The zero-order chi connectivity index (χ0) is 20.6. The zero-order valence-corrected chi connectivity index (χ0v) is 14.8. The van der Waals surface area contributed by atoms with Gasteiger partial charge in [0.15, 0.2) is 0 Å². The van der Waals surface area contributed by atoms with E-state index in [9.17, 15) is 31.1 Å². The molecule has 0 aliphatic carbocycles. The molecule has 0 aromatic heterocycles. The van der Waals surface area contributed by atoms with Crippen LogP contribution in [0.5, 0.6) is 0 Å². The normalized spacial score (nSPS) is 19.8. The number of unbranched alkanes of at least 4 members (excludes halogenated alkanes) is 2. The Hall–Kier alpha value is -2.06. The first kappa shape index (κ1) is 21.2. The molecule has 0 radical (unpaired) electrons. The van der Waals surface area contributed by atoms with Crippen LogP contribution in [0, 0.1) is 0 Å². The van der Waals surface area contributed by atoms with E-state index in [1.807, 2.05) is 0 Å². The average molecular weight is 395 g/mol. The number of fused-ring (bicyclic) bond motifs is 1. The van der Waals surface area contributed by atoms with E-state index in [4.69, 9.17) is 5.11 Å². The van der Waals surface area contributed by atoms with Crippen molar-refractivity contribution in [3.05, 3.63) is 28.8 Å². The Morgan fingerprint density at radius 1 is 1.07 bits per heavy atom. The molecule has 1 N–H and O–H groups in total. The Bertz CT molecular complexity index is 766. The molecule has 1 heterocycles. The molecule has 0 fully saturated rings. The SMILES string of the molecule is CC1=Nc2cc(C(F)(F)F)cc(C(F)(F)F)c2C1(C)CCCCCC(=O)O. The molecule has 3 nitrogen and oxygen atoms in total. The van der Waals surface area contributed by atoms with E-state index in [1.54, 1.807) is 0 Å². The minimum atomic E-state index is -4.95. The third-order valence-electron chi connectivity index (χ3n) is 4.96. The Balaban J connectivity index is 2.41. The summed E-state index contributed by atoms with van der Waals surface area (Å²) in [4.78, 5) is 14.5. The molecule has 1 aromatic rings. The van der Waals surface area contributed by atoms with Gasteiger partial charge in [-0.3, -0.25) is 9.79 Å². The molecule has 27 heavy (non-hydrogen) atoms. The molecule has 1 aliphatic rings. The highest BCUT2D eigenvalue weighted by Gasteiger charge is 2.47. The molecule has 1 unspecified atom stereocenters. The predicted molar refractivity (Wildman–Crippen MR) is 87.3 cm³/mol. The number of carboxylic acid groups (broad SMARTS) is 1. The van der Waals surface area contributed by atoms with Crippen molar-refractivity contribution in [2.75, 3.05) is 0 Å². The summed E-state index contributed by atoms with van der Waals surface area (Å²) in [5.41, 5.74) is -4.06. The van der Waals surface area contributed by atoms with Crippen LogP contribution in [0.1, 0.15) is 62.6 Å². The average Bonchev–Trinajstić information content (AvgIpc) is 2.75. The van der Waals surface area contributed by atoms with Gasteiger partial charge in [0.2, 0.25) is 0 Å². The molecule has 0 bridgehead atoms.